The van der Waals surface area contributed by atoms with E-state index in [0.717, 1.165) is 41.5 Å². The van der Waals surface area contributed by atoms with Crippen molar-refractivity contribution < 1.29 is 4.79 Å². The zero-order valence-corrected chi connectivity index (χ0v) is 12.9. The zero-order valence-electron chi connectivity index (χ0n) is 12.9. The SMILES string of the molecule is O=C(Cc1c[nH]c2ccccc12)N1CCC[C@H]1c1ccccn1. The van der Waals surface area contributed by atoms with Gasteiger partial charge >= 0.3 is 0 Å². The molecule has 0 bridgehead atoms. The van der Waals surface area contributed by atoms with Crippen LogP contribution in [-0.4, -0.2) is 27.3 Å². The summed E-state index contributed by atoms with van der Waals surface area (Å²) in [6.45, 7) is 0.822. The molecule has 1 saturated heterocycles. The molecule has 1 aliphatic rings. The fourth-order valence-corrected chi connectivity index (χ4v) is 3.49. The molecule has 2 aromatic heterocycles. The van der Waals surface area contributed by atoms with Crippen molar-refractivity contribution in [2.45, 2.75) is 25.3 Å². The number of amides is 1. The first-order chi connectivity index (χ1) is 11.3. The average Bonchev–Trinajstić information content (AvgIpc) is 3.23. The van der Waals surface area contributed by atoms with Crippen molar-refractivity contribution in [3.8, 4) is 0 Å². The molecule has 1 atom stereocenters. The number of benzene rings is 1. The maximum absolute atomic E-state index is 12.8. The van der Waals surface area contributed by atoms with Gasteiger partial charge in [0, 0.05) is 29.8 Å². The van der Waals surface area contributed by atoms with E-state index in [1.807, 2.05) is 47.5 Å². The molecule has 1 fully saturated rings. The lowest BCUT2D eigenvalue weighted by Gasteiger charge is -2.24. The molecule has 1 aliphatic heterocycles. The largest absolute Gasteiger partial charge is 0.361 e. The van der Waals surface area contributed by atoms with Crippen LogP contribution in [0.5, 0.6) is 0 Å². The summed E-state index contributed by atoms with van der Waals surface area (Å²) in [7, 11) is 0. The molecule has 4 nitrogen and oxygen atoms in total. The van der Waals surface area contributed by atoms with Crippen molar-refractivity contribution in [1.82, 2.24) is 14.9 Å². The average molecular weight is 305 g/mol. The topological polar surface area (TPSA) is 49.0 Å². The van der Waals surface area contributed by atoms with E-state index in [1.165, 1.54) is 0 Å². The third-order valence-corrected chi connectivity index (χ3v) is 4.62. The van der Waals surface area contributed by atoms with Crippen molar-refractivity contribution >= 4 is 16.8 Å². The third-order valence-electron chi connectivity index (χ3n) is 4.62. The quantitative estimate of drug-likeness (QED) is 0.805. The molecule has 116 valence electrons. The highest BCUT2D eigenvalue weighted by Gasteiger charge is 2.30. The van der Waals surface area contributed by atoms with Gasteiger partial charge in [0.2, 0.25) is 5.91 Å². The predicted octanol–water partition coefficient (Wildman–Crippen LogP) is 3.47. The molecule has 1 aromatic carbocycles. The number of aromatic nitrogens is 2. The minimum absolute atomic E-state index is 0.119. The first-order valence-corrected chi connectivity index (χ1v) is 8.08. The first kappa shape index (κ1) is 14.0. The number of likely N-dealkylation sites (tertiary alicyclic amines) is 1. The lowest BCUT2D eigenvalue weighted by Crippen LogP contribution is -2.32. The van der Waals surface area contributed by atoms with Gasteiger partial charge in [0.15, 0.2) is 0 Å². The Morgan fingerprint density at radius 2 is 2.09 bits per heavy atom. The van der Waals surface area contributed by atoms with Gasteiger partial charge in [-0.3, -0.25) is 9.78 Å². The van der Waals surface area contributed by atoms with Crippen LogP contribution in [0.1, 0.15) is 30.1 Å². The van der Waals surface area contributed by atoms with Gasteiger partial charge in [0.1, 0.15) is 0 Å². The Labute approximate surface area is 135 Å². The van der Waals surface area contributed by atoms with Crippen LogP contribution >= 0.6 is 0 Å². The maximum atomic E-state index is 12.8. The summed E-state index contributed by atoms with van der Waals surface area (Å²) in [5.41, 5.74) is 3.15. The molecule has 0 radical (unpaired) electrons. The van der Waals surface area contributed by atoms with Crippen molar-refractivity contribution in [1.29, 1.82) is 0 Å². The molecular formula is C19H19N3O. The number of carbonyl (C=O) groups is 1. The highest BCUT2D eigenvalue weighted by Crippen LogP contribution is 2.31. The summed E-state index contributed by atoms with van der Waals surface area (Å²) in [5.74, 6) is 0.183. The van der Waals surface area contributed by atoms with Crippen molar-refractivity contribution in [2.24, 2.45) is 0 Å². The predicted molar refractivity (Wildman–Crippen MR) is 89.9 cm³/mol. The molecule has 4 rings (SSSR count). The van der Waals surface area contributed by atoms with E-state index in [2.05, 4.69) is 16.0 Å². The minimum Gasteiger partial charge on any atom is -0.361 e. The highest BCUT2D eigenvalue weighted by atomic mass is 16.2. The van der Waals surface area contributed by atoms with E-state index in [-0.39, 0.29) is 11.9 Å². The van der Waals surface area contributed by atoms with Crippen molar-refractivity contribution in [3.63, 3.8) is 0 Å². The molecule has 0 aliphatic carbocycles. The summed E-state index contributed by atoms with van der Waals surface area (Å²) >= 11 is 0. The van der Waals surface area contributed by atoms with Crippen LogP contribution in [0.4, 0.5) is 0 Å². The van der Waals surface area contributed by atoms with Gasteiger partial charge in [-0.1, -0.05) is 24.3 Å². The van der Waals surface area contributed by atoms with E-state index in [9.17, 15) is 4.79 Å². The molecule has 0 saturated carbocycles. The zero-order chi connectivity index (χ0) is 15.6. The molecule has 3 heterocycles. The molecular weight excluding hydrogens is 286 g/mol. The Morgan fingerprint density at radius 1 is 1.22 bits per heavy atom. The van der Waals surface area contributed by atoms with Crippen molar-refractivity contribution in [2.75, 3.05) is 6.54 Å². The number of nitrogens with one attached hydrogen (secondary N) is 1. The van der Waals surface area contributed by atoms with Crippen LogP contribution in [-0.2, 0) is 11.2 Å². The fourth-order valence-electron chi connectivity index (χ4n) is 3.49. The molecule has 1 N–H and O–H groups in total. The Morgan fingerprint density at radius 3 is 2.96 bits per heavy atom. The lowest BCUT2D eigenvalue weighted by atomic mass is 10.1. The van der Waals surface area contributed by atoms with E-state index in [0.29, 0.717) is 6.42 Å². The number of hydrogen-bond donors (Lipinski definition) is 1. The standard InChI is InChI=1S/C19H19N3O/c23-19(12-14-13-21-16-7-2-1-6-15(14)16)22-11-5-9-18(22)17-8-3-4-10-20-17/h1-4,6-8,10,13,18,21H,5,9,11-12H2/t18-/m0/s1. The Bertz CT molecular complexity index is 825. The molecule has 23 heavy (non-hydrogen) atoms. The third kappa shape index (κ3) is 2.61. The normalized spacial score (nSPS) is 17.7. The highest BCUT2D eigenvalue weighted by molar-refractivity contribution is 5.89. The van der Waals surface area contributed by atoms with E-state index < -0.39 is 0 Å². The summed E-state index contributed by atoms with van der Waals surface area (Å²) < 4.78 is 0. The van der Waals surface area contributed by atoms with Gasteiger partial charge in [0.05, 0.1) is 18.2 Å². The molecule has 1 amide bonds. The number of nitrogens with zero attached hydrogens (tertiary/aromatic N) is 2. The van der Waals surface area contributed by atoms with Gasteiger partial charge in [-0.2, -0.15) is 0 Å². The number of carbonyl (C=O) groups excluding carboxylic acids is 1. The molecule has 3 aromatic rings. The van der Waals surface area contributed by atoms with Crippen LogP contribution in [0.15, 0.2) is 54.9 Å². The number of fused-ring (bicyclic) bond motifs is 1. The fraction of sp³-hybridized carbons (Fsp3) is 0.263. The summed E-state index contributed by atoms with van der Waals surface area (Å²) in [4.78, 5) is 22.5. The smallest absolute Gasteiger partial charge is 0.227 e. The van der Waals surface area contributed by atoms with Crippen LogP contribution in [0.3, 0.4) is 0 Å². The number of rotatable bonds is 3. The number of H-pyrrole nitrogens is 1. The second-order valence-electron chi connectivity index (χ2n) is 6.04. The van der Waals surface area contributed by atoms with E-state index in [4.69, 9.17) is 0 Å². The molecule has 0 spiro atoms. The number of pyridine rings is 1. The minimum atomic E-state index is 0.119. The second kappa shape index (κ2) is 5.88. The van der Waals surface area contributed by atoms with Gasteiger partial charge in [-0.25, -0.2) is 0 Å². The van der Waals surface area contributed by atoms with Crippen LogP contribution in [0.25, 0.3) is 10.9 Å². The monoisotopic (exact) mass is 305 g/mol. The van der Waals surface area contributed by atoms with E-state index in [1.54, 1.807) is 6.20 Å². The molecule has 0 unspecified atom stereocenters. The maximum Gasteiger partial charge on any atom is 0.227 e. The van der Waals surface area contributed by atoms with Gasteiger partial charge in [0.25, 0.3) is 0 Å². The number of aromatic amines is 1. The lowest BCUT2D eigenvalue weighted by molar-refractivity contribution is -0.131. The van der Waals surface area contributed by atoms with Gasteiger partial charge < -0.3 is 9.88 Å². The number of hydrogen-bond acceptors (Lipinski definition) is 2. The van der Waals surface area contributed by atoms with Crippen LogP contribution < -0.4 is 0 Å². The second-order valence-corrected chi connectivity index (χ2v) is 6.04. The summed E-state index contributed by atoms with van der Waals surface area (Å²) in [6.07, 6.45) is 6.23. The summed E-state index contributed by atoms with van der Waals surface area (Å²) in [6, 6.07) is 14.2. The van der Waals surface area contributed by atoms with Crippen LogP contribution in [0, 0.1) is 0 Å². The van der Waals surface area contributed by atoms with Crippen molar-refractivity contribution in [3.05, 3.63) is 66.1 Å². The number of para-hydroxylation sites is 1. The van der Waals surface area contributed by atoms with Gasteiger partial charge in [-0.05, 0) is 36.6 Å². The van der Waals surface area contributed by atoms with E-state index >= 15 is 0 Å². The van der Waals surface area contributed by atoms with Crippen LogP contribution in [0.2, 0.25) is 0 Å². The Balaban J connectivity index is 1.56. The Hall–Kier alpha value is -2.62. The molecule has 4 heteroatoms. The first-order valence-electron chi connectivity index (χ1n) is 8.08. The summed E-state index contributed by atoms with van der Waals surface area (Å²) in [5, 5.41) is 1.13. The Kier molecular flexibility index (Phi) is 3.58. The van der Waals surface area contributed by atoms with Gasteiger partial charge in [-0.15, -0.1) is 0 Å².